The van der Waals surface area contributed by atoms with Gasteiger partial charge in [0, 0.05) is 16.7 Å². The molecule has 3 aromatic rings. The molecule has 27 heavy (non-hydrogen) atoms. The van der Waals surface area contributed by atoms with Gasteiger partial charge in [0.1, 0.15) is 11.6 Å². The van der Waals surface area contributed by atoms with Crippen molar-refractivity contribution in [2.75, 3.05) is 12.4 Å². The van der Waals surface area contributed by atoms with Crippen LogP contribution in [0.1, 0.15) is 21.5 Å². The Balaban J connectivity index is 1.77. The van der Waals surface area contributed by atoms with Crippen molar-refractivity contribution in [3.8, 4) is 17.0 Å². The summed E-state index contributed by atoms with van der Waals surface area (Å²) in [5.41, 5.74) is 2.27. The molecule has 1 amide bonds. The Bertz CT molecular complexity index is 951. The number of carbonyl (C=O) groups excluding carboxylic acids is 1. The molecule has 3 rings (SSSR count). The van der Waals surface area contributed by atoms with Gasteiger partial charge in [-0.15, -0.1) is 10.2 Å². The van der Waals surface area contributed by atoms with E-state index in [-0.39, 0.29) is 16.9 Å². The molecule has 0 aliphatic rings. The number of carbonyl (C=O) groups is 1. The number of benzene rings is 2. The predicted molar refractivity (Wildman–Crippen MR) is 99.0 cm³/mol. The Morgan fingerprint density at radius 3 is 2.63 bits per heavy atom. The van der Waals surface area contributed by atoms with E-state index in [2.05, 4.69) is 15.5 Å². The molecule has 0 saturated heterocycles. The Hall–Kier alpha value is -3.32. The highest BCUT2D eigenvalue weighted by Crippen LogP contribution is 2.22. The number of aryl methyl sites for hydroxylation is 1. The third kappa shape index (κ3) is 4.09. The number of aromatic nitrogens is 2. The quantitative estimate of drug-likeness (QED) is 0.722. The Morgan fingerprint density at radius 1 is 1.19 bits per heavy atom. The summed E-state index contributed by atoms with van der Waals surface area (Å²) < 4.78 is 19.1. The lowest BCUT2D eigenvalue weighted by Crippen LogP contribution is -2.14. The molecule has 2 N–H and O–H groups in total. The smallest absolute Gasteiger partial charge is 0.256 e. The molecular weight excluding hydrogens is 349 g/mol. The van der Waals surface area contributed by atoms with Crippen LogP contribution < -0.4 is 10.1 Å². The molecule has 138 valence electrons. The van der Waals surface area contributed by atoms with Crippen molar-refractivity contribution in [3.05, 3.63) is 71.0 Å². The number of aliphatic hydroxyl groups excluding tert-OH is 1. The van der Waals surface area contributed by atoms with Crippen molar-refractivity contribution in [1.82, 2.24) is 10.2 Å². The molecule has 0 saturated carbocycles. The SMILES string of the molecule is COc1cccc(-c2ccc(NC(=O)c3cc(C)c(CO)c(F)c3)nn2)c1. The van der Waals surface area contributed by atoms with Crippen LogP contribution in [0.15, 0.2) is 48.5 Å². The van der Waals surface area contributed by atoms with Crippen LogP contribution in [0.3, 0.4) is 0 Å². The second-order valence-corrected chi connectivity index (χ2v) is 5.90. The third-order valence-corrected chi connectivity index (χ3v) is 4.11. The van der Waals surface area contributed by atoms with Crippen molar-refractivity contribution < 1.29 is 19.0 Å². The highest BCUT2D eigenvalue weighted by Gasteiger charge is 2.13. The number of anilines is 1. The molecule has 0 fully saturated rings. The monoisotopic (exact) mass is 367 g/mol. The van der Waals surface area contributed by atoms with E-state index >= 15 is 0 Å². The van der Waals surface area contributed by atoms with Crippen LogP contribution in [-0.4, -0.2) is 28.3 Å². The molecule has 0 radical (unpaired) electrons. The first-order valence-electron chi connectivity index (χ1n) is 8.21. The number of halogens is 1. The van der Waals surface area contributed by atoms with Crippen LogP contribution in [0.4, 0.5) is 10.2 Å². The van der Waals surface area contributed by atoms with Crippen LogP contribution in [-0.2, 0) is 6.61 Å². The summed E-state index contributed by atoms with van der Waals surface area (Å²) in [5, 5.41) is 19.8. The molecule has 0 atom stereocenters. The minimum Gasteiger partial charge on any atom is -0.497 e. The van der Waals surface area contributed by atoms with E-state index in [9.17, 15) is 9.18 Å². The third-order valence-electron chi connectivity index (χ3n) is 4.11. The van der Waals surface area contributed by atoms with Crippen molar-refractivity contribution in [2.24, 2.45) is 0 Å². The fourth-order valence-electron chi connectivity index (χ4n) is 2.63. The van der Waals surface area contributed by atoms with E-state index < -0.39 is 18.3 Å². The standard InChI is InChI=1S/C20H18FN3O3/c1-12-8-14(10-17(21)16(12)11-25)20(26)22-19-7-6-18(23-24-19)13-4-3-5-15(9-13)27-2/h3-10,25H,11H2,1-2H3,(H,22,24,26). The highest BCUT2D eigenvalue weighted by molar-refractivity contribution is 6.03. The first kappa shape index (κ1) is 18.5. The summed E-state index contributed by atoms with van der Waals surface area (Å²) in [6, 6.07) is 13.3. The van der Waals surface area contributed by atoms with E-state index in [1.54, 1.807) is 26.2 Å². The minimum absolute atomic E-state index is 0.140. The van der Waals surface area contributed by atoms with E-state index in [1.165, 1.54) is 6.07 Å². The van der Waals surface area contributed by atoms with Crippen LogP contribution in [0.5, 0.6) is 5.75 Å². The Kier molecular flexibility index (Phi) is 5.42. The van der Waals surface area contributed by atoms with Gasteiger partial charge in [0.25, 0.3) is 5.91 Å². The largest absolute Gasteiger partial charge is 0.497 e. The zero-order valence-electron chi connectivity index (χ0n) is 14.9. The minimum atomic E-state index is -0.623. The second-order valence-electron chi connectivity index (χ2n) is 5.90. The summed E-state index contributed by atoms with van der Waals surface area (Å²) in [6.45, 7) is 1.21. The van der Waals surface area contributed by atoms with Gasteiger partial charge in [0.05, 0.1) is 19.4 Å². The number of methoxy groups -OCH3 is 1. The number of ether oxygens (including phenoxy) is 1. The summed E-state index contributed by atoms with van der Waals surface area (Å²) in [5.74, 6) is -0.182. The van der Waals surface area contributed by atoms with Gasteiger partial charge in [0.2, 0.25) is 0 Å². The normalized spacial score (nSPS) is 10.5. The van der Waals surface area contributed by atoms with E-state index in [0.29, 0.717) is 17.0 Å². The maximum absolute atomic E-state index is 13.9. The molecule has 0 spiro atoms. The molecule has 6 nitrogen and oxygen atoms in total. The molecule has 0 aliphatic heterocycles. The van der Waals surface area contributed by atoms with E-state index in [0.717, 1.165) is 11.6 Å². The topological polar surface area (TPSA) is 84.3 Å². The van der Waals surface area contributed by atoms with Crippen molar-refractivity contribution in [1.29, 1.82) is 0 Å². The Labute approximate surface area is 155 Å². The van der Waals surface area contributed by atoms with Crippen LogP contribution in [0, 0.1) is 12.7 Å². The van der Waals surface area contributed by atoms with Gasteiger partial charge in [0.15, 0.2) is 5.82 Å². The fourth-order valence-corrected chi connectivity index (χ4v) is 2.63. The van der Waals surface area contributed by atoms with Crippen molar-refractivity contribution in [2.45, 2.75) is 13.5 Å². The van der Waals surface area contributed by atoms with Crippen molar-refractivity contribution >= 4 is 11.7 Å². The maximum Gasteiger partial charge on any atom is 0.256 e. The summed E-state index contributed by atoms with van der Waals surface area (Å²) in [4.78, 5) is 12.3. The first-order chi connectivity index (χ1) is 13.0. The molecule has 1 heterocycles. The molecular formula is C20H18FN3O3. The van der Waals surface area contributed by atoms with Gasteiger partial charge in [-0.05, 0) is 48.9 Å². The summed E-state index contributed by atoms with van der Waals surface area (Å²) in [7, 11) is 1.58. The van der Waals surface area contributed by atoms with Gasteiger partial charge in [-0.2, -0.15) is 0 Å². The molecule has 0 unspecified atom stereocenters. The average Bonchev–Trinajstić information content (AvgIpc) is 2.68. The van der Waals surface area contributed by atoms with Crippen LogP contribution >= 0.6 is 0 Å². The lowest BCUT2D eigenvalue weighted by atomic mass is 10.0. The molecule has 0 aliphatic carbocycles. The van der Waals surface area contributed by atoms with Crippen molar-refractivity contribution in [3.63, 3.8) is 0 Å². The molecule has 7 heteroatoms. The van der Waals surface area contributed by atoms with Gasteiger partial charge in [-0.1, -0.05) is 12.1 Å². The number of hydrogen-bond acceptors (Lipinski definition) is 5. The van der Waals surface area contributed by atoms with Gasteiger partial charge < -0.3 is 15.2 Å². The number of amides is 1. The number of rotatable bonds is 5. The van der Waals surface area contributed by atoms with Crippen LogP contribution in [0.25, 0.3) is 11.3 Å². The zero-order valence-corrected chi connectivity index (χ0v) is 14.9. The van der Waals surface area contributed by atoms with E-state index in [1.807, 2.05) is 24.3 Å². The summed E-state index contributed by atoms with van der Waals surface area (Å²) >= 11 is 0. The van der Waals surface area contributed by atoms with Gasteiger partial charge in [-0.25, -0.2) is 4.39 Å². The lowest BCUT2D eigenvalue weighted by molar-refractivity contribution is 0.102. The highest BCUT2D eigenvalue weighted by atomic mass is 19.1. The van der Waals surface area contributed by atoms with Gasteiger partial charge in [-0.3, -0.25) is 4.79 Å². The Morgan fingerprint density at radius 2 is 2.00 bits per heavy atom. The molecule has 2 aromatic carbocycles. The van der Waals surface area contributed by atoms with Gasteiger partial charge >= 0.3 is 0 Å². The lowest BCUT2D eigenvalue weighted by Gasteiger charge is -2.09. The number of aliphatic hydroxyl groups is 1. The van der Waals surface area contributed by atoms with Crippen LogP contribution in [0.2, 0.25) is 0 Å². The summed E-state index contributed by atoms with van der Waals surface area (Å²) in [6.07, 6.45) is 0. The number of hydrogen-bond donors (Lipinski definition) is 2. The second kappa shape index (κ2) is 7.92. The first-order valence-corrected chi connectivity index (χ1v) is 8.21. The molecule has 0 bridgehead atoms. The van der Waals surface area contributed by atoms with E-state index in [4.69, 9.17) is 9.84 Å². The molecule has 1 aromatic heterocycles. The predicted octanol–water partition coefficient (Wildman–Crippen LogP) is 3.34. The fraction of sp³-hybridized carbons (Fsp3) is 0.150. The number of nitrogens with one attached hydrogen (secondary N) is 1. The number of nitrogens with zero attached hydrogens (tertiary/aromatic N) is 2. The average molecular weight is 367 g/mol. The zero-order chi connectivity index (χ0) is 19.4. The maximum atomic E-state index is 13.9.